The van der Waals surface area contributed by atoms with Gasteiger partial charge in [0.25, 0.3) is 0 Å². The second-order valence-corrected chi connectivity index (χ2v) is 8.05. The molecule has 0 amide bonds. The molecule has 162 valence electrons. The van der Waals surface area contributed by atoms with Crippen LogP contribution in [0.25, 0.3) is 22.2 Å². The van der Waals surface area contributed by atoms with Crippen LogP contribution in [-0.2, 0) is 6.54 Å². The highest BCUT2D eigenvalue weighted by Gasteiger charge is 2.13. The van der Waals surface area contributed by atoms with Crippen molar-refractivity contribution < 1.29 is 5.21 Å². The molecule has 1 aromatic carbocycles. The van der Waals surface area contributed by atoms with Gasteiger partial charge in [-0.15, -0.1) is 4.73 Å². The average Bonchev–Trinajstić information content (AvgIpc) is 2.83. The van der Waals surface area contributed by atoms with Crippen molar-refractivity contribution in [1.82, 2.24) is 24.6 Å². The van der Waals surface area contributed by atoms with E-state index >= 15 is 0 Å². The van der Waals surface area contributed by atoms with Gasteiger partial charge in [0.05, 0.1) is 5.39 Å². The van der Waals surface area contributed by atoms with Crippen molar-refractivity contribution in [1.29, 1.82) is 0 Å². The highest BCUT2D eigenvalue weighted by Crippen LogP contribution is 2.27. The first-order chi connectivity index (χ1) is 15.7. The number of hydrogen-bond donors (Lipinski definition) is 2. The fraction of sp³-hybridized carbons (Fsp3) is 0.250. The molecule has 0 atom stereocenters. The van der Waals surface area contributed by atoms with Gasteiger partial charge in [0.2, 0.25) is 0 Å². The molecule has 3 aromatic heterocycles. The lowest BCUT2D eigenvalue weighted by Gasteiger charge is -2.26. The number of benzene rings is 1. The van der Waals surface area contributed by atoms with Crippen molar-refractivity contribution in [3.63, 3.8) is 0 Å². The van der Waals surface area contributed by atoms with Crippen LogP contribution in [0.15, 0.2) is 65.8 Å². The van der Waals surface area contributed by atoms with E-state index in [1.54, 1.807) is 12.1 Å². The lowest BCUT2D eigenvalue weighted by atomic mass is 10.0. The van der Waals surface area contributed by atoms with E-state index in [0.29, 0.717) is 15.9 Å². The number of likely N-dealkylation sites (tertiary alicyclic amines) is 1. The number of nitrogens with one attached hydrogen (secondary N) is 1. The van der Waals surface area contributed by atoms with Crippen LogP contribution in [0.3, 0.4) is 0 Å². The van der Waals surface area contributed by atoms with Crippen molar-refractivity contribution in [3.05, 3.63) is 77.1 Å². The van der Waals surface area contributed by atoms with Gasteiger partial charge < -0.3 is 10.5 Å². The van der Waals surface area contributed by atoms with Crippen LogP contribution in [0.5, 0.6) is 0 Å². The maximum Gasteiger partial charge on any atom is 0.384 e. The number of rotatable bonds is 5. The lowest BCUT2D eigenvalue weighted by molar-refractivity contribution is 0.182. The first-order valence-corrected chi connectivity index (χ1v) is 10.8. The smallest absolute Gasteiger partial charge is 0.384 e. The Labute approximate surface area is 185 Å². The Bertz CT molecular complexity index is 1310. The molecular formula is C24H24N6O2. The standard InChI is InChI=1S/C24H24N6O2/c31-24-28-22(21-8-5-9-26-23(21)30(24)32)27-20-7-4-6-18(13-20)19-12-17(14-25-15-19)16-29-10-2-1-3-11-29/h4-9,12-15,32H,1-3,10-11,16H2,(H,27,28,31). The number of hydrogen-bond acceptors (Lipinski definition) is 7. The molecule has 0 saturated carbocycles. The molecule has 0 unspecified atom stereocenters. The largest absolute Gasteiger partial charge is 0.422 e. The van der Waals surface area contributed by atoms with E-state index in [4.69, 9.17) is 0 Å². The van der Waals surface area contributed by atoms with Crippen molar-refractivity contribution in [3.8, 4) is 11.1 Å². The Morgan fingerprint density at radius 2 is 1.88 bits per heavy atom. The molecule has 4 aromatic rings. The minimum Gasteiger partial charge on any atom is -0.422 e. The zero-order chi connectivity index (χ0) is 21.9. The van der Waals surface area contributed by atoms with E-state index in [2.05, 4.69) is 31.2 Å². The zero-order valence-electron chi connectivity index (χ0n) is 17.6. The zero-order valence-corrected chi connectivity index (χ0v) is 17.6. The summed E-state index contributed by atoms with van der Waals surface area (Å²) in [5.74, 6) is 0.345. The van der Waals surface area contributed by atoms with Crippen LogP contribution >= 0.6 is 0 Å². The van der Waals surface area contributed by atoms with Crippen molar-refractivity contribution in [2.24, 2.45) is 0 Å². The maximum atomic E-state index is 12.0. The highest BCUT2D eigenvalue weighted by atomic mass is 16.5. The van der Waals surface area contributed by atoms with Gasteiger partial charge in [-0.3, -0.25) is 9.88 Å². The van der Waals surface area contributed by atoms with Gasteiger partial charge in [-0.2, -0.15) is 4.98 Å². The van der Waals surface area contributed by atoms with E-state index in [1.165, 1.54) is 31.0 Å². The third-order valence-electron chi connectivity index (χ3n) is 5.74. The number of aromatic nitrogens is 4. The molecule has 0 aliphatic carbocycles. The van der Waals surface area contributed by atoms with Gasteiger partial charge in [0.1, 0.15) is 5.82 Å². The monoisotopic (exact) mass is 428 g/mol. The quantitative estimate of drug-likeness (QED) is 0.467. The van der Waals surface area contributed by atoms with E-state index < -0.39 is 5.69 Å². The minimum absolute atomic E-state index is 0.153. The van der Waals surface area contributed by atoms with Crippen LogP contribution in [0.1, 0.15) is 24.8 Å². The summed E-state index contributed by atoms with van der Waals surface area (Å²) in [6.07, 6.45) is 9.17. The van der Waals surface area contributed by atoms with Gasteiger partial charge in [0, 0.05) is 36.4 Å². The average molecular weight is 428 g/mol. The summed E-state index contributed by atoms with van der Waals surface area (Å²) < 4.78 is 0.455. The summed E-state index contributed by atoms with van der Waals surface area (Å²) >= 11 is 0. The molecule has 1 fully saturated rings. The summed E-state index contributed by atoms with van der Waals surface area (Å²) in [5, 5.41) is 13.7. The van der Waals surface area contributed by atoms with Gasteiger partial charge in [-0.05, 0) is 67.4 Å². The molecule has 8 heteroatoms. The molecule has 32 heavy (non-hydrogen) atoms. The maximum absolute atomic E-state index is 12.0. The summed E-state index contributed by atoms with van der Waals surface area (Å²) in [6.45, 7) is 3.21. The lowest BCUT2D eigenvalue weighted by Crippen LogP contribution is -2.29. The topological polar surface area (TPSA) is 96.2 Å². The summed E-state index contributed by atoms with van der Waals surface area (Å²) in [5.41, 5.74) is 3.39. The Kier molecular flexibility index (Phi) is 5.51. The third-order valence-corrected chi connectivity index (χ3v) is 5.74. The fourth-order valence-electron chi connectivity index (χ4n) is 4.16. The number of nitrogens with zero attached hydrogens (tertiary/aromatic N) is 5. The molecule has 0 spiro atoms. The molecule has 8 nitrogen and oxygen atoms in total. The van der Waals surface area contributed by atoms with E-state index in [0.717, 1.165) is 36.4 Å². The molecule has 1 saturated heterocycles. The minimum atomic E-state index is -0.788. The predicted octanol–water partition coefficient (Wildman–Crippen LogP) is 3.82. The van der Waals surface area contributed by atoms with Crippen LogP contribution in [-0.4, -0.2) is 42.9 Å². The van der Waals surface area contributed by atoms with Gasteiger partial charge in [-0.1, -0.05) is 18.6 Å². The van der Waals surface area contributed by atoms with E-state index in [-0.39, 0.29) is 5.65 Å². The van der Waals surface area contributed by atoms with E-state index in [1.807, 2.05) is 36.7 Å². The number of pyridine rings is 2. The second-order valence-electron chi connectivity index (χ2n) is 8.05. The summed E-state index contributed by atoms with van der Waals surface area (Å²) in [7, 11) is 0. The Balaban J connectivity index is 1.42. The van der Waals surface area contributed by atoms with Crippen LogP contribution in [0.4, 0.5) is 11.5 Å². The number of anilines is 2. The Morgan fingerprint density at radius 3 is 2.75 bits per heavy atom. The molecule has 5 rings (SSSR count). The van der Waals surface area contributed by atoms with Gasteiger partial charge >= 0.3 is 5.69 Å². The second kappa shape index (κ2) is 8.76. The molecule has 0 bridgehead atoms. The van der Waals surface area contributed by atoms with Crippen LogP contribution in [0.2, 0.25) is 0 Å². The van der Waals surface area contributed by atoms with Crippen molar-refractivity contribution in [2.75, 3.05) is 18.4 Å². The first-order valence-electron chi connectivity index (χ1n) is 10.8. The SMILES string of the molecule is O=c1nc(Nc2cccc(-c3cncc(CN4CCCCC4)c3)c2)c2cccnc2n1O. The fourth-order valence-corrected chi connectivity index (χ4v) is 4.16. The summed E-state index contributed by atoms with van der Waals surface area (Å²) in [6, 6.07) is 13.6. The molecule has 0 radical (unpaired) electrons. The number of fused-ring (bicyclic) bond motifs is 1. The predicted molar refractivity (Wildman–Crippen MR) is 123 cm³/mol. The Hall–Kier alpha value is -3.78. The van der Waals surface area contributed by atoms with Crippen LogP contribution in [0, 0.1) is 0 Å². The first kappa shape index (κ1) is 20.1. The third kappa shape index (κ3) is 4.17. The molecule has 1 aliphatic heterocycles. The number of piperidine rings is 1. The Morgan fingerprint density at radius 1 is 1.00 bits per heavy atom. The van der Waals surface area contributed by atoms with E-state index in [9.17, 15) is 10.0 Å². The van der Waals surface area contributed by atoms with Crippen molar-refractivity contribution in [2.45, 2.75) is 25.8 Å². The van der Waals surface area contributed by atoms with Gasteiger partial charge in [0.15, 0.2) is 5.65 Å². The van der Waals surface area contributed by atoms with Crippen LogP contribution < -0.4 is 11.0 Å². The molecule has 4 heterocycles. The van der Waals surface area contributed by atoms with Crippen molar-refractivity contribution >= 4 is 22.5 Å². The normalized spacial score (nSPS) is 14.5. The summed E-state index contributed by atoms with van der Waals surface area (Å²) in [4.78, 5) is 27.0. The molecule has 2 N–H and O–H groups in total. The molecular weight excluding hydrogens is 404 g/mol. The molecule has 1 aliphatic rings. The highest BCUT2D eigenvalue weighted by molar-refractivity contribution is 5.88. The van der Waals surface area contributed by atoms with Gasteiger partial charge in [-0.25, -0.2) is 9.78 Å².